The summed E-state index contributed by atoms with van der Waals surface area (Å²) in [4.78, 5) is 15.9. The van der Waals surface area contributed by atoms with E-state index in [1.165, 1.54) is 17.0 Å². The zero-order chi connectivity index (χ0) is 17.0. The molecular weight excluding hydrogens is 321 g/mol. The molecule has 0 radical (unpaired) electrons. The fourth-order valence-electron chi connectivity index (χ4n) is 2.50. The molecular formula is C16H23ClFN3O2. The first-order chi connectivity index (χ1) is 10.9. The van der Waals surface area contributed by atoms with Crippen molar-refractivity contribution in [2.24, 2.45) is 0 Å². The molecule has 1 saturated heterocycles. The minimum atomic E-state index is -0.481. The van der Waals surface area contributed by atoms with Gasteiger partial charge in [-0.1, -0.05) is 17.7 Å². The third-order valence-corrected chi connectivity index (χ3v) is 4.26. The van der Waals surface area contributed by atoms with Gasteiger partial charge in [-0.2, -0.15) is 0 Å². The van der Waals surface area contributed by atoms with Gasteiger partial charge in [-0.15, -0.1) is 0 Å². The highest BCUT2D eigenvalue weighted by Gasteiger charge is 2.25. The fourth-order valence-corrected chi connectivity index (χ4v) is 2.61. The molecule has 0 saturated carbocycles. The molecule has 1 fully saturated rings. The van der Waals surface area contributed by atoms with E-state index in [4.69, 9.17) is 16.3 Å². The number of urea groups is 1. The van der Waals surface area contributed by atoms with Gasteiger partial charge in [-0.05, 0) is 31.7 Å². The number of likely N-dealkylation sites (N-methyl/N-ethyl adjacent to an activating group) is 1. The lowest BCUT2D eigenvalue weighted by molar-refractivity contribution is -0.0339. The molecule has 23 heavy (non-hydrogen) atoms. The maximum Gasteiger partial charge on any atom is 0.317 e. The molecule has 0 bridgehead atoms. The SMILES string of the molecule is C[C@H](NC(=O)N(C)Cc1ccc(Cl)c(F)c1)[C@@H]1CN(C)CCO1. The van der Waals surface area contributed by atoms with Crippen molar-refractivity contribution in [3.05, 3.63) is 34.6 Å². The largest absolute Gasteiger partial charge is 0.373 e. The Morgan fingerprint density at radius 1 is 1.61 bits per heavy atom. The number of hydrogen-bond acceptors (Lipinski definition) is 3. The summed E-state index contributed by atoms with van der Waals surface area (Å²) >= 11 is 5.66. The highest BCUT2D eigenvalue weighted by molar-refractivity contribution is 6.30. The molecule has 0 unspecified atom stereocenters. The number of halogens is 2. The van der Waals surface area contributed by atoms with Gasteiger partial charge >= 0.3 is 6.03 Å². The average molecular weight is 344 g/mol. The van der Waals surface area contributed by atoms with Crippen LogP contribution in [0.1, 0.15) is 12.5 Å². The van der Waals surface area contributed by atoms with Gasteiger partial charge in [-0.3, -0.25) is 0 Å². The van der Waals surface area contributed by atoms with E-state index in [-0.39, 0.29) is 23.2 Å². The second-order valence-corrected chi connectivity index (χ2v) is 6.42. The van der Waals surface area contributed by atoms with Crippen molar-refractivity contribution in [3.63, 3.8) is 0 Å². The molecule has 0 aliphatic carbocycles. The number of nitrogens with zero attached hydrogens (tertiary/aromatic N) is 2. The first kappa shape index (κ1) is 18.0. The summed E-state index contributed by atoms with van der Waals surface area (Å²) in [6.07, 6.45) is -0.0286. The van der Waals surface area contributed by atoms with Crippen molar-refractivity contribution >= 4 is 17.6 Å². The van der Waals surface area contributed by atoms with Crippen molar-refractivity contribution in [1.29, 1.82) is 0 Å². The number of carbonyl (C=O) groups is 1. The van der Waals surface area contributed by atoms with Gasteiger partial charge in [-0.25, -0.2) is 9.18 Å². The first-order valence-corrected chi connectivity index (χ1v) is 8.00. The Morgan fingerprint density at radius 2 is 2.35 bits per heavy atom. The minimum Gasteiger partial charge on any atom is -0.373 e. The zero-order valence-electron chi connectivity index (χ0n) is 13.7. The minimum absolute atomic E-state index is 0.0286. The molecule has 1 aliphatic rings. The van der Waals surface area contributed by atoms with Crippen LogP contribution in [0.25, 0.3) is 0 Å². The van der Waals surface area contributed by atoms with Gasteiger partial charge in [0, 0.05) is 26.7 Å². The lowest BCUT2D eigenvalue weighted by Crippen LogP contribution is -2.53. The van der Waals surface area contributed by atoms with Crippen LogP contribution in [0.5, 0.6) is 0 Å². The maximum atomic E-state index is 13.4. The molecule has 1 aliphatic heterocycles. The van der Waals surface area contributed by atoms with E-state index in [1.807, 2.05) is 14.0 Å². The smallest absolute Gasteiger partial charge is 0.317 e. The van der Waals surface area contributed by atoms with Crippen molar-refractivity contribution < 1.29 is 13.9 Å². The van der Waals surface area contributed by atoms with Crippen LogP contribution in [0.15, 0.2) is 18.2 Å². The number of carbonyl (C=O) groups excluding carboxylic acids is 1. The van der Waals surface area contributed by atoms with Crippen LogP contribution in [0.4, 0.5) is 9.18 Å². The van der Waals surface area contributed by atoms with Gasteiger partial charge in [0.2, 0.25) is 0 Å². The topological polar surface area (TPSA) is 44.8 Å². The molecule has 1 N–H and O–H groups in total. The number of morpholine rings is 1. The van der Waals surface area contributed by atoms with E-state index in [9.17, 15) is 9.18 Å². The van der Waals surface area contributed by atoms with E-state index in [0.717, 1.165) is 13.1 Å². The number of nitrogens with one attached hydrogen (secondary N) is 1. The molecule has 128 valence electrons. The molecule has 2 amide bonds. The Hall–Kier alpha value is -1.37. The van der Waals surface area contributed by atoms with E-state index >= 15 is 0 Å². The molecule has 7 heteroatoms. The number of ether oxygens (including phenoxy) is 1. The molecule has 1 aromatic carbocycles. The van der Waals surface area contributed by atoms with Crippen LogP contribution >= 0.6 is 11.6 Å². The zero-order valence-corrected chi connectivity index (χ0v) is 14.4. The maximum absolute atomic E-state index is 13.4. The Bertz CT molecular complexity index is 558. The molecule has 1 heterocycles. The average Bonchev–Trinajstić information content (AvgIpc) is 2.50. The van der Waals surface area contributed by atoms with Crippen molar-refractivity contribution in [2.45, 2.75) is 25.6 Å². The van der Waals surface area contributed by atoms with Gasteiger partial charge in [0.05, 0.1) is 23.8 Å². The van der Waals surface area contributed by atoms with E-state index in [2.05, 4.69) is 10.2 Å². The quantitative estimate of drug-likeness (QED) is 0.912. The summed E-state index contributed by atoms with van der Waals surface area (Å²) in [7, 11) is 3.70. The van der Waals surface area contributed by atoms with Crippen LogP contribution in [0.2, 0.25) is 5.02 Å². The molecule has 1 aromatic rings. The number of hydrogen-bond donors (Lipinski definition) is 1. The Labute approximate surface area is 141 Å². The number of amides is 2. The van der Waals surface area contributed by atoms with Crippen LogP contribution < -0.4 is 5.32 Å². The summed E-state index contributed by atoms with van der Waals surface area (Å²) in [6.45, 7) is 4.59. The van der Waals surface area contributed by atoms with Gasteiger partial charge in [0.15, 0.2) is 0 Å². The van der Waals surface area contributed by atoms with E-state index < -0.39 is 5.82 Å². The molecule has 2 rings (SSSR count). The van der Waals surface area contributed by atoms with E-state index in [0.29, 0.717) is 18.7 Å². The summed E-state index contributed by atoms with van der Waals surface area (Å²) < 4.78 is 19.1. The highest BCUT2D eigenvalue weighted by atomic mass is 35.5. The highest BCUT2D eigenvalue weighted by Crippen LogP contribution is 2.16. The molecule has 0 aromatic heterocycles. The third kappa shape index (κ3) is 5.06. The van der Waals surface area contributed by atoms with Gasteiger partial charge in [0.1, 0.15) is 5.82 Å². The first-order valence-electron chi connectivity index (χ1n) is 7.62. The summed E-state index contributed by atoms with van der Waals surface area (Å²) in [5.41, 5.74) is 0.686. The Kier molecular flexibility index (Phi) is 6.21. The predicted molar refractivity (Wildman–Crippen MR) is 88.1 cm³/mol. The van der Waals surface area contributed by atoms with Crippen molar-refractivity contribution in [1.82, 2.24) is 15.1 Å². The molecule has 0 spiro atoms. The fraction of sp³-hybridized carbons (Fsp3) is 0.562. The van der Waals surface area contributed by atoms with E-state index in [1.54, 1.807) is 13.1 Å². The van der Waals surface area contributed by atoms with Crippen molar-refractivity contribution in [3.8, 4) is 0 Å². The van der Waals surface area contributed by atoms with Crippen molar-refractivity contribution in [2.75, 3.05) is 33.8 Å². The summed E-state index contributed by atoms with van der Waals surface area (Å²) in [5.74, 6) is -0.481. The summed E-state index contributed by atoms with van der Waals surface area (Å²) in [5, 5.41) is 3.01. The standard InChI is InChI=1S/C16H23ClFN3O2/c1-11(15-10-20(2)6-7-23-15)19-16(22)21(3)9-12-4-5-13(17)14(18)8-12/h4-5,8,11,15H,6-7,9-10H2,1-3H3,(H,19,22)/t11-,15-/m0/s1. The molecule has 2 atom stereocenters. The Balaban J connectivity index is 1.87. The number of benzene rings is 1. The predicted octanol–water partition coefficient (Wildman–Crippen LogP) is 2.34. The second kappa shape index (κ2) is 7.95. The van der Waals surface area contributed by atoms with Gasteiger partial charge in [0.25, 0.3) is 0 Å². The van der Waals surface area contributed by atoms with Crippen LogP contribution in [0.3, 0.4) is 0 Å². The second-order valence-electron chi connectivity index (χ2n) is 6.01. The lowest BCUT2D eigenvalue weighted by atomic mass is 10.1. The van der Waals surface area contributed by atoms with Crippen LogP contribution in [-0.4, -0.2) is 61.8 Å². The monoisotopic (exact) mass is 343 g/mol. The lowest BCUT2D eigenvalue weighted by Gasteiger charge is -2.34. The Morgan fingerprint density at radius 3 is 3.00 bits per heavy atom. The van der Waals surface area contributed by atoms with Crippen LogP contribution in [0, 0.1) is 5.82 Å². The normalized spacial score (nSPS) is 20.1. The molecule has 5 nitrogen and oxygen atoms in total. The van der Waals surface area contributed by atoms with Crippen LogP contribution in [-0.2, 0) is 11.3 Å². The third-order valence-electron chi connectivity index (χ3n) is 3.96. The summed E-state index contributed by atoms with van der Waals surface area (Å²) in [6, 6.07) is 4.22. The number of rotatable bonds is 4. The van der Waals surface area contributed by atoms with Gasteiger partial charge < -0.3 is 19.9 Å².